The molecule has 0 saturated carbocycles. The Morgan fingerprint density at radius 3 is 2.89 bits per heavy atom. The van der Waals surface area contributed by atoms with Gasteiger partial charge in [-0.3, -0.25) is 4.79 Å². The van der Waals surface area contributed by atoms with Gasteiger partial charge in [-0.2, -0.15) is 0 Å². The Labute approximate surface area is 108 Å². The van der Waals surface area contributed by atoms with Crippen LogP contribution < -0.4 is 10.5 Å². The summed E-state index contributed by atoms with van der Waals surface area (Å²) in [6.45, 7) is 4.50. The summed E-state index contributed by atoms with van der Waals surface area (Å²) >= 11 is 0. The molecular weight excluding hydrogens is 226 g/mol. The van der Waals surface area contributed by atoms with Crippen molar-refractivity contribution in [1.82, 2.24) is 0 Å². The zero-order valence-corrected chi connectivity index (χ0v) is 11.1. The van der Waals surface area contributed by atoms with Crippen LogP contribution >= 0.6 is 0 Å². The number of nitrogens with two attached hydrogens (primary N) is 1. The number of ether oxygens (including phenoxy) is 1. The lowest BCUT2D eigenvalue weighted by Crippen LogP contribution is -2.31. The molecule has 98 valence electrons. The Bertz CT molecular complexity index is 428. The molecule has 0 bridgehead atoms. The second-order valence-electron chi connectivity index (χ2n) is 5.19. The Kier molecular flexibility index (Phi) is 4.02. The van der Waals surface area contributed by atoms with Crippen molar-refractivity contribution in [1.29, 1.82) is 0 Å². The van der Waals surface area contributed by atoms with E-state index in [1.54, 1.807) is 0 Å². The molecule has 1 aliphatic rings. The first kappa shape index (κ1) is 13.1. The summed E-state index contributed by atoms with van der Waals surface area (Å²) in [6, 6.07) is 7.92. The first-order valence-electron chi connectivity index (χ1n) is 6.59. The largest absolute Gasteiger partial charge is 0.493 e. The van der Waals surface area contributed by atoms with Crippen LogP contribution in [0.3, 0.4) is 0 Å². The topological polar surface area (TPSA) is 52.3 Å². The molecule has 0 aliphatic carbocycles. The van der Waals surface area contributed by atoms with Gasteiger partial charge in [0.15, 0.2) is 0 Å². The van der Waals surface area contributed by atoms with Crippen LogP contribution in [0.2, 0.25) is 0 Å². The number of rotatable bonds is 4. The predicted octanol–water partition coefficient (Wildman–Crippen LogP) is 2.50. The van der Waals surface area contributed by atoms with Gasteiger partial charge in [0.25, 0.3) is 0 Å². The molecule has 2 N–H and O–H groups in total. The summed E-state index contributed by atoms with van der Waals surface area (Å²) < 4.78 is 5.61. The molecule has 0 aromatic heterocycles. The molecule has 3 nitrogen and oxygen atoms in total. The molecule has 0 saturated heterocycles. The van der Waals surface area contributed by atoms with Crippen molar-refractivity contribution in [3.8, 4) is 5.75 Å². The van der Waals surface area contributed by atoms with Crippen LogP contribution in [-0.4, -0.2) is 18.4 Å². The van der Waals surface area contributed by atoms with E-state index in [1.807, 2.05) is 32.0 Å². The first-order chi connectivity index (χ1) is 8.59. The van der Waals surface area contributed by atoms with Gasteiger partial charge in [-0.25, -0.2) is 0 Å². The van der Waals surface area contributed by atoms with Crippen molar-refractivity contribution in [2.75, 3.05) is 6.61 Å². The fourth-order valence-corrected chi connectivity index (χ4v) is 2.35. The van der Waals surface area contributed by atoms with Crippen molar-refractivity contribution in [3.05, 3.63) is 29.8 Å². The van der Waals surface area contributed by atoms with E-state index in [0.717, 1.165) is 17.7 Å². The standard InChI is InChI=1S/C15H21NO2/c1-10(11(2)16)14(17)9-12-7-8-18-15-6-4-3-5-13(12)15/h3-6,10-12H,7-9,16H2,1-2H3. The molecule has 3 unspecified atom stereocenters. The van der Waals surface area contributed by atoms with E-state index in [1.165, 1.54) is 0 Å². The fraction of sp³-hybridized carbons (Fsp3) is 0.533. The summed E-state index contributed by atoms with van der Waals surface area (Å²) in [5.74, 6) is 1.39. The quantitative estimate of drug-likeness (QED) is 0.889. The minimum atomic E-state index is -0.0763. The number of carbonyl (C=O) groups excluding carboxylic acids is 1. The lowest BCUT2D eigenvalue weighted by atomic mass is 9.85. The van der Waals surface area contributed by atoms with Gasteiger partial charge in [-0.05, 0) is 30.9 Å². The molecule has 1 aliphatic heterocycles. The second-order valence-corrected chi connectivity index (χ2v) is 5.19. The van der Waals surface area contributed by atoms with Crippen LogP contribution in [0.15, 0.2) is 24.3 Å². The van der Waals surface area contributed by atoms with Gasteiger partial charge in [0, 0.05) is 18.4 Å². The monoisotopic (exact) mass is 247 g/mol. The van der Waals surface area contributed by atoms with Gasteiger partial charge in [-0.15, -0.1) is 0 Å². The van der Waals surface area contributed by atoms with Crippen molar-refractivity contribution in [2.45, 2.75) is 38.6 Å². The van der Waals surface area contributed by atoms with Gasteiger partial charge in [0.05, 0.1) is 6.61 Å². The number of hydrogen-bond acceptors (Lipinski definition) is 3. The highest BCUT2D eigenvalue weighted by Gasteiger charge is 2.26. The van der Waals surface area contributed by atoms with E-state index in [-0.39, 0.29) is 23.7 Å². The fourth-order valence-electron chi connectivity index (χ4n) is 2.35. The highest BCUT2D eigenvalue weighted by molar-refractivity contribution is 5.82. The minimum Gasteiger partial charge on any atom is -0.493 e. The molecule has 3 heteroatoms. The van der Waals surface area contributed by atoms with Gasteiger partial charge in [0.1, 0.15) is 11.5 Å². The minimum absolute atomic E-state index is 0.0694. The van der Waals surface area contributed by atoms with Crippen LogP contribution in [0.4, 0.5) is 0 Å². The number of hydrogen-bond donors (Lipinski definition) is 1. The molecular formula is C15H21NO2. The highest BCUT2D eigenvalue weighted by atomic mass is 16.5. The van der Waals surface area contributed by atoms with Crippen LogP contribution in [-0.2, 0) is 4.79 Å². The van der Waals surface area contributed by atoms with Crippen LogP contribution in [0, 0.1) is 5.92 Å². The molecule has 1 aromatic carbocycles. The predicted molar refractivity (Wildman–Crippen MR) is 71.7 cm³/mol. The van der Waals surface area contributed by atoms with Crippen molar-refractivity contribution in [2.24, 2.45) is 11.7 Å². The lowest BCUT2D eigenvalue weighted by Gasteiger charge is -2.26. The number of fused-ring (bicyclic) bond motifs is 1. The van der Waals surface area contributed by atoms with Crippen molar-refractivity contribution < 1.29 is 9.53 Å². The van der Waals surface area contributed by atoms with E-state index in [4.69, 9.17) is 10.5 Å². The Morgan fingerprint density at radius 2 is 2.17 bits per heavy atom. The molecule has 0 amide bonds. The summed E-state index contributed by atoms with van der Waals surface area (Å²) in [5.41, 5.74) is 6.95. The normalized spacial score (nSPS) is 21.6. The zero-order valence-electron chi connectivity index (χ0n) is 11.1. The molecule has 1 aromatic rings. The summed E-state index contributed by atoms with van der Waals surface area (Å²) in [6.07, 6.45) is 1.48. The Balaban J connectivity index is 2.10. The summed E-state index contributed by atoms with van der Waals surface area (Å²) in [4.78, 5) is 12.1. The smallest absolute Gasteiger partial charge is 0.137 e. The van der Waals surface area contributed by atoms with Crippen molar-refractivity contribution >= 4 is 5.78 Å². The van der Waals surface area contributed by atoms with E-state index in [2.05, 4.69) is 6.07 Å². The maximum absolute atomic E-state index is 12.1. The average molecular weight is 247 g/mol. The maximum Gasteiger partial charge on any atom is 0.137 e. The molecule has 2 rings (SSSR count). The molecule has 3 atom stereocenters. The summed E-state index contributed by atoms with van der Waals surface area (Å²) in [5, 5.41) is 0. The molecule has 0 radical (unpaired) electrons. The third-order valence-corrected chi connectivity index (χ3v) is 3.83. The van der Waals surface area contributed by atoms with Gasteiger partial charge in [0.2, 0.25) is 0 Å². The van der Waals surface area contributed by atoms with Gasteiger partial charge >= 0.3 is 0 Å². The third-order valence-electron chi connectivity index (χ3n) is 3.83. The summed E-state index contributed by atoms with van der Waals surface area (Å²) in [7, 11) is 0. The third kappa shape index (κ3) is 2.72. The van der Waals surface area contributed by atoms with Crippen LogP contribution in [0.25, 0.3) is 0 Å². The van der Waals surface area contributed by atoms with Gasteiger partial charge in [-0.1, -0.05) is 25.1 Å². The maximum atomic E-state index is 12.1. The average Bonchev–Trinajstić information content (AvgIpc) is 2.38. The SMILES string of the molecule is CC(N)C(C)C(=O)CC1CCOc2ccccc21. The molecule has 0 fully saturated rings. The lowest BCUT2D eigenvalue weighted by molar-refractivity contribution is -0.123. The van der Waals surface area contributed by atoms with E-state index in [0.29, 0.717) is 13.0 Å². The number of para-hydroxylation sites is 1. The number of carbonyl (C=O) groups is 1. The van der Waals surface area contributed by atoms with E-state index >= 15 is 0 Å². The van der Waals surface area contributed by atoms with Crippen LogP contribution in [0.1, 0.15) is 38.2 Å². The number of ketones is 1. The van der Waals surface area contributed by atoms with Gasteiger partial charge < -0.3 is 10.5 Å². The van der Waals surface area contributed by atoms with E-state index < -0.39 is 0 Å². The van der Waals surface area contributed by atoms with Crippen molar-refractivity contribution in [3.63, 3.8) is 0 Å². The van der Waals surface area contributed by atoms with E-state index in [9.17, 15) is 4.79 Å². The Hall–Kier alpha value is -1.35. The highest BCUT2D eigenvalue weighted by Crippen LogP contribution is 2.36. The zero-order chi connectivity index (χ0) is 13.1. The number of benzene rings is 1. The molecule has 0 spiro atoms. The second kappa shape index (κ2) is 5.53. The number of Topliss-reactive ketones (excluding diaryl/α,β-unsaturated/α-hetero) is 1. The first-order valence-corrected chi connectivity index (χ1v) is 6.59. The molecule has 1 heterocycles. The molecule has 18 heavy (non-hydrogen) atoms. The Morgan fingerprint density at radius 1 is 1.44 bits per heavy atom. The van der Waals surface area contributed by atoms with Crippen LogP contribution in [0.5, 0.6) is 5.75 Å².